The molecule has 7 nitrogen and oxygen atoms in total. The standard InChI is InChI=1S/C18H22N6O/c1-23(2)17(14-8-7-11-16(12-14)25-3)13-19-18-20-21-22-24(18)15-9-5-4-6-10-15/h4-12,17H,13H2,1-3H3,(H,19,20,22)/p+1/t17-/m0/s1. The summed E-state index contributed by atoms with van der Waals surface area (Å²) in [6, 6.07) is 18.2. The van der Waals surface area contributed by atoms with Gasteiger partial charge in [0.2, 0.25) is 5.95 Å². The van der Waals surface area contributed by atoms with Gasteiger partial charge in [-0.1, -0.05) is 35.4 Å². The van der Waals surface area contributed by atoms with Gasteiger partial charge in [-0.05, 0) is 34.7 Å². The maximum Gasteiger partial charge on any atom is 0.247 e. The van der Waals surface area contributed by atoms with Crippen molar-refractivity contribution < 1.29 is 9.64 Å². The minimum absolute atomic E-state index is 0.232. The lowest BCUT2D eigenvalue weighted by Gasteiger charge is -2.22. The number of ether oxygens (including phenoxy) is 1. The normalized spacial score (nSPS) is 12.2. The molecule has 0 radical (unpaired) electrons. The quantitative estimate of drug-likeness (QED) is 0.671. The van der Waals surface area contributed by atoms with Crippen LogP contribution in [0.3, 0.4) is 0 Å². The summed E-state index contributed by atoms with van der Waals surface area (Å²) in [5, 5.41) is 15.4. The zero-order chi connectivity index (χ0) is 17.6. The second-order valence-electron chi connectivity index (χ2n) is 6.04. The van der Waals surface area contributed by atoms with Gasteiger partial charge in [0.1, 0.15) is 11.8 Å². The van der Waals surface area contributed by atoms with Crippen molar-refractivity contribution in [2.75, 3.05) is 33.1 Å². The molecular weight excluding hydrogens is 316 g/mol. The molecule has 2 aromatic carbocycles. The van der Waals surface area contributed by atoms with Gasteiger partial charge in [0.15, 0.2) is 0 Å². The van der Waals surface area contributed by atoms with Crippen LogP contribution in [0, 0.1) is 0 Å². The van der Waals surface area contributed by atoms with Crippen molar-refractivity contribution in [2.45, 2.75) is 6.04 Å². The van der Waals surface area contributed by atoms with Crippen molar-refractivity contribution in [3.05, 3.63) is 60.2 Å². The highest BCUT2D eigenvalue weighted by atomic mass is 16.5. The molecule has 3 rings (SSSR count). The van der Waals surface area contributed by atoms with Crippen LogP contribution in [-0.2, 0) is 0 Å². The summed E-state index contributed by atoms with van der Waals surface area (Å²) in [5.41, 5.74) is 2.12. The number of likely N-dealkylation sites (N-methyl/N-ethyl adjacent to an activating group) is 1. The number of aromatic nitrogens is 4. The van der Waals surface area contributed by atoms with Crippen LogP contribution in [0.4, 0.5) is 5.95 Å². The number of nitrogens with zero attached hydrogens (tertiary/aromatic N) is 4. The molecule has 0 aliphatic carbocycles. The Kier molecular flexibility index (Phi) is 5.25. The van der Waals surface area contributed by atoms with Crippen molar-refractivity contribution in [3.8, 4) is 11.4 Å². The highest BCUT2D eigenvalue weighted by molar-refractivity contribution is 5.39. The number of tetrazole rings is 1. The molecule has 0 amide bonds. The molecule has 1 heterocycles. The van der Waals surface area contributed by atoms with Crippen LogP contribution in [0.5, 0.6) is 5.75 Å². The van der Waals surface area contributed by atoms with Crippen molar-refractivity contribution in [1.29, 1.82) is 0 Å². The van der Waals surface area contributed by atoms with Crippen LogP contribution in [0.2, 0.25) is 0 Å². The molecule has 7 heteroatoms. The predicted octanol–water partition coefficient (Wildman–Crippen LogP) is 0.969. The lowest BCUT2D eigenvalue weighted by atomic mass is 10.1. The van der Waals surface area contributed by atoms with E-state index in [-0.39, 0.29) is 6.04 Å². The molecule has 0 fully saturated rings. The first kappa shape index (κ1) is 16.9. The van der Waals surface area contributed by atoms with E-state index in [1.165, 1.54) is 10.5 Å². The molecule has 0 saturated heterocycles. The van der Waals surface area contributed by atoms with E-state index in [0.717, 1.165) is 11.4 Å². The van der Waals surface area contributed by atoms with Crippen molar-refractivity contribution in [1.82, 2.24) is 20.2 Å². The van der Waals surface area contributed by atoms with Gasteiger partial charge in [0.25, 0.3) is 0 Å². The maximum atomic E-state index is 5.35. The number of methoxy groups -OCH3 is 1. The number of quaternary nitrogens is 1. The first-order valence-corrected chi connectivity index (χ1v) is 8.20. The molecule has 1 atom stereocenters. The fourth-order valence-corrected chi connectivity index (χ4v) is 2.75. The summed E-state index contributed by atoms with van der Waals surface area (Å²) in [7, 11) is 5.95. The molecular formula is C18H23N6O+. The number of nitrogens with one attached hydrogen (secondary N) is 2. The zero-order valence-electron chi connectivity index (χ0n) is 14.7. The average molecular weight is 339 g/mol. The Morgan fingerprint density at radius 2 is 1.92 bits per heavy atom. The monoisotopic (exact) mass is 339 g/mol. The Hall–Kier alpha value is -2.93. The minimum Gasteiger partial charge on any atom is -0.497 e. The van der Waals surface area contributed by atoms with Crippen LogP contribution in [0.1, 0.15) is 11.6 Å². The van der Waals surface area contributed by atoms with E-state index in [1.54, 1.807) is 11.8 Å². The van der Waals surface area contributed by atoms with E-state index in [4.69, 9.17) is 4.74 Å². The Bertz CT molecular complexity index is 802. The van der Waals surface area contributed by atoms with E-state index in [0.29, 0.717) is 12.5 Å². The Morgan fingerprint density at radius 1 is 1.12 bits per heavy atom. The molecule has 2 N–H and O–H groups in total. The van der Waals surface area contributed by atoms with Gasteiger partial charge in [0, 0.05) is 5.56 Å². The van der Waals surface area contributed by atoms with Crippen LogP contribution >= 0.6 is 0 Å². The van der Waals surface area contributed by atoms with Gasteiger partial charge in [0.05, 0.1) is 33.4 Å². The molecule has 130 valence electrons. The topological polar surface area (TPSA) is 69.3 Å². The molecule has 0 unspecified atom stereocenters. The van der Waals surface area contributed by atoms with E-state index in [9.17, 15) is 0 Å². The third-order valence-corrected chi connectivity index (χ3v) is 4.13. The highest BCUT2D eigenvalue weighted by Crippen LogP contribution is 2.18. The van der Waals surface area contributed by atoms with Crippen LogP contribution < -0.4 is 15.0 Å². The van der Waals surface area contributed by atoms with Crippen molar-refractivity contribution >= 4 is 5.95 Å². The summed E-state index contributed by atoms with van der Waals surface area (Å²) in [6.45, 7) is 0.697. The van der Waals surface area contributed by atoms with Crippen LogP contribution in [0.25, 0.3) is 5.69 Å². The minimum atomic E-state index is 0.232. The van der Waals surface area contributed by atoms with Gasteiger partial charge in [-0.3, -0.25) is 0 Å². The summed E-state index contributed by atoms with van der Waals surface area (Å²) in [4.78, 5) is 1.31. The summed E-state index contributed by atoms with van der Waals surface area (Å²) in [5.74, 6) is 1.48. The van der Waals surface area contributed by atoms with Gasteiger partial charge < -0.3 is 15.0 Å². The fourth-order valence-electron chi connectivity index (χ4n) is 2.75. The first-order valence-electron chi connectivity index (χ1n) is 8.20. The molecule has 0 aliphatic heterocycles. The van der Waals surface area contributed by atoms with Crippen LogP contribution in [-0.4, -0.2) is 48.0 Å². The van der Waals surface area contributed by atoms with Gasteiger partial charge >= 0.3 is 0 Å². The molecule has 0 aliphatic rings. The lowest BCUT2D eigenvalue weighted by Crippen LogP contribution is -3.06. The molecule has 0 saturated carbocycles. The van der Waals surface area contributed by atoms with E-state index >= 15 is 0 Å². The SMILES string of the molecule is COc1cccc([C@H](CNc2nnnn2-c2ccccc2)[NH+](C)C)c1. The van der Waals surface area contributed by atoms with Crippen molar-refractivity contribution in [3.63, 3.8) is 0 Å². The first-order chi connectivity index (χ1) is 12.2. The maximum absolute atomic E-state index is 5.35. The van der Waals surface area contributed by atoms with Crippen molar-refractivity contribution in [2.24, 2.45) is 0 Å². The van der Waals surface area contributed by atoms with Gasteiger partial charge in [-0.15, -0.1) is 0 Å². The van der Waals surface area contributed by atoms with E-state index in [1.807, 2.05) is 42.5 Å². The van der Waals surface area contributed by atoms with Crippen LogP contribution in [0.15, 0.2) is 54.6 Å². The summed E-state index contributed by atoms with van der Waals surface area (Å²) >= 11 is 0. The second kappa shape index (κ2) is 7.76. The number of rotatable bonds is 7. The zero-order valence-corrected chi connectivity index (χ0v) is 14.7. The van der Waals surface area contributed by atoms with E-state index < -0.39 is 0 Å². The number of hydrogen-bond donors (Lipinski definition) is 2. The van der Waals surface area contributed by atoms with Gasteiger partial charge in [-0.2, -0.15) is 4.68 Å². The third kappa shape index (κ3) is 3.95. The molecule has 1 aromatic heterocycles. The lowest BCUT2D eigenvalue weighted by molar-refractivity contribution is -0.890. The fraction of sp³-hybridized carbons (Fsp3) is 0.278. The number of anilines is 1. The van der Waals surface area contributed by atoms with Gasteiger partial charge in [-0.25, -0.2) is 0 Å². The Morgan fingerprint density at radius 3 is 2.64 bits per heavy atom. The Labute approximate surface area is 147 Å². The highest BCUT2D eigenvalue weighted by Gasteiger charge is 2.19. The average Bonchev–Trinajstić information content (AvgIpc) is 3.11. The molecule has 0 bridgehead atoms. The largest absolute Gasteiger partial charge is 0.497 e. The van der Waals surface area contributed by atoms with E-state index in [2.05, 4.69) is 47.1 Å². The summed E-state index contributed by atoms with van der Waals surface area (Å²) < 4.78 is 7.05. The molecule has 0 spiro atoms. The summed E-state index contributed by atoms with van der Waals surface area (Å²) in [6.07, 6.45) is 0. The number of hydrogen-bond acceptors (Lipinski definition) is 5. The second-order valence-corrected chi connectivity index (χ2v) is 6.04. The number of benzene rings is 2. The molecule has 3 aromatic rings. The molecule has 25 heavy (non-hydrogen) atoms. The number of para-hydroxylation sites is 1. The third-order valence-electron chi connectivity index (χ3n) is 4.13. The smallest absolute Gasteiger partial charge is 0.247 e. The Balaban J connectivity index is 1.78. The predicted molar refractivity (Wildman–Crippen MR) is 96.2 cm³/mol.